The van der Waals surface area contributed by atoms with Crippen LogP contribution in [0.1, 0.15) is 91.7 Å². The van der Waals surface area contributed by atoms with Gasteiger partial charge in [0.15, 0.2) is 23.2 Å². The standard InChI is InChI=1S/C29H39NO9.3CH4/c1-27(2,33)8-5-10-29(34,16-23(31)36-4)26(32)39-25-22(35-3)15-28-9-6-11-30(28)12-7-18-13-20-21(38-17-37-20)14-19(18)24(25)28;;;/h13-15,24-25,33-34H,5-12,16-17H2,1-4H3;3*1H4/t24?,25-,28-,29+;;;/m0.../s1. The van der Waals surface area contributed by atoms with Crippen LogP contribution in [0.15, 0.2) is 24.0 Å². The van der Waals surface area contributed by atoms with Crippen LogP contribution in [0.3, 0.4) is 0 Å². The normalized spacial score (nSPS) is 25.0. The number of hydrogen-bond acceptors (Lipinski definition) is 10. The fourth-order valence-corrected chi connectivity index (χ4v) is 6.71. The lowest BCUT2D eigenvalue weighted by Gasteiger charge is -2.39. The third-order valence-electron chi connectivity index (χ3n) is 8.62. The number of nitrogens with zero attached hydrogens (tertiary/aromatic N) is 1. The summed E-state index contributed by atoms with van der Waals surface area (Å²) in [5.41, 5.74) is -1.42. The molecule has 1 fully saturated rings. The molecule has 5 rings (SSSR count). The fourth-order valence-electron chi connectivity index (χ4n) is 6.71. The Balaban J connectivity index is 0.00000205. The van der Waals surface area contributed by atoms with Gasteiger partial charge in [0.1, 0.15) is 5.76 Å². The van der Waals surface area contributed by atoms with E-state index in [0.717, 1.165) is 43.5 Å². The molecule has 4 atom stereocenters. The quantitative estimate of drug-likeness (QED) is 0.396. The number of methoxy groups -OCH3 is 2. The van der Waals surface area contributed by atoms with Crippen molar-refractivity contribution >= 4 is 11.9 Å². The zero-order chi connectivity index (χ0) is 28.0. The number of benzene rings is 1. The van der Waals surface area contributed by atoms with Crippen LogP contribution in [-0.4, -0.2) is 84.0 Å². The van der Waals surface area contributed by atoms with E-state index in [2.05, 4.69) is 11.0 Å². The molecule has 2 N–H and O–H groups in total. The van der Waals surface area contributed by atoms with E-state index >= 15 is 0 Å². The van der Waals surface area contributed by atoms with Gasteiger partial charge in [-0.25, -0.2) is 4.79 Å². The van der Waals surface area contributed by atoms with Crippen LogP contribution in [0.25, 0.3) is 0 Å². The van der Waals surface area contributed by atoms with Crippen LogP contribution in [0, 0.1) is 0 Å². The Morgan fingerprint density at radius 1 is 1.07 bits per heavy atom. The molecule has 0 saturated carbocycles. The second kappa shape index (κ2) is 13.2. The van der Waals surface area contributed by atoms with Gasteiger partial charge in [-0.15, -0.1) is 0 Å². The number of rotatable bonds is 9. The summed E-state index contributed by atoms with van der Waals surface area (Å²) in [6.07, 6.45) is 3.94. The Hall–Kier alpha value is -2.82. The predicted octanol–water partition coefficient (Wildman–Crippen LogP) is 4.49. The molecule has 4 aliphatic rings. The molecule has 10 nitrogen and oxygen atoms in total. The topological polar surface area (TPSA) is 124 Å². The number of hydrogen-bond donors (Lipinski definition) is 2. The highest BCUT2D eigenvalue weighted by molar-refractivity contribution is 5.86. The third kappa shape index (κ3) is 6.40. The lowest BCUT2D eigenvalue weighted by molar-refractivity contribution is -0.178. The monoisotopic (exact) mass is 593 g/mol. The van der Waals surface area contributed by atoms with Gasteiger partial charge in [0, 0.05) is 6.54 Å². The first-order chi connectivity index (χ1) is 18.5. The second-order valence-corrected chi connectivity index (χ2v) is 11.7. The van der Waals surface area contributed by atoms with Gasteiger partial charge in [0.05, 0.1) is 37.7 Å². The van der Waals surface area contributed by atoms with Crippen LogP contribution < -0.4 is 9.47 Å². The highest BCUT2D eigenvalue weighted by Gasteiger charge is 2.59. The Bertz CT molecular complexity index is 1160. The van der Waals surface area contributed by atoms with Crippen molar-refractivity contribution in [3.8, 4) is 11.5 Å². The molecule has 3 aliphatic heterocycles. The maximum absolute atomic E-state index is 13.8. The Kier molecular flexibility index (Phi) is 11.1. The molecule has 1 aliphatic carbocycles. The summed E-state index contributed by atoms with van der Waals surface area (Å²) in [4.78, 5) is 28.4. The number of carbonyl (C=O) groups is 2. The number of carbonyl (C=O) groups excluding carboxylic acids is 2. The number of fused-ring (bicyclic) bond motifs is 3. The van der Waals surface area contributed by atoms with Crippen molar-refractivity contribution in [3.05, 3.63) is 35.1 Å². The predicted molar refractivity (Wildman–Crippen MR) is 159 cm³/mol. The van der Waals surface area contributed by atoms with Gasteiger partial charge in [-0.2, -0.15) is 0 Å². The SMILES string of the molecule is C.C.C.COC(=O)C[C@](O)(CCCC(C)(C)O)C(=O)O[C@H]1C(OC)=C[C@]23CCCN2CCc2cc4c(cc2C13)OCO4. The molecule has 0 aromatic heterocycles. The van der Waals surface area contributed by atoms with E-state index in [9.17, 15) is 19.8 Å². The number of ether oxygens (including phenoxy) is 5. The molecule has 1 aromatic carbocycles. The first-order valence-corrected chi connectivity index (χ1v) is 13.7. The maximum Gasteiger partial charge on any atom is 0.339 e. The van der Waals surface area contributed by atoms with Gasteiger partial charge >= 0.3 is 11.9 Å². The van der Waals surface area contributed by atoms with Crippen LogP contribution >= 0.6 is 0 Å². The van der Waals surface area contributed by atoms with E-state index in [1.54, 1.807) is 21.0 Å². The Morgan fingerprint density at radius 3 is 2.40 bits per heavy atom. The Labute approximate surface area is 250 Å². The molecule has 1 spiro atoms. The van der Waals surface area contributed by atoms with Crippen molar-refractivity contribution in [1.82, 2.24) is 4.90 Å². The minimum atomic E-state index is -2.12. The lowest BCUT2D eigenvalue weighted by Crippen LogP contribution is -2.49. The summed E-state index contributed by atoms with van der Waals surface area (Å²) in [6.45, 7) is 5.21. The summed E-state index contributed by atoms with van der Waals surface area (Å²) in [5.74, 6) is -0.0645. The highest BCUT2D eigenvalue weighted by atomic mass is 16.7. The summed E-state index contributed by atoms with van der Waals surface area (Å²) >= 11 is 0. The molecule has 3 heterocycles. The average molecular weight is 594 g/mol. The molecule has 1 aromatic rings. The molecule has 1 saturated heterocycles. The van der Waals surface area contributed by atoms with Crippen molar-refractivity contribution in [3.63, 3.8) is 0 Å². The van der Waals surface area contributed by atoms with Crippen molar-refractivity contribution < 1.29 is 43.5 Å². The maximum atomic E-state index is 13.8. The van der Waals surface area contributed by atoms with Crippen LogP contribution in [0.5, 0.6) is 11.5 Å². The van der Waals surface area contributed by atoms with E-state index in [4.69, 9.17) is 23.7 Å². The molecule has 0 amide bonds. The zero-order valence-electron chi connectivity index (χ0n) is 23.2. The third-order valence-corrected chi connectivity index (χ3v) is 8.62. The minimum absolute atomic E-state index is 0. The summed E-state index contributed by atoms with van der Waals surface area (Å²) in [5, 5.41) is 21.6. The minimum Gasteiger partial charge on any atom is -0.497 e. The smallest absolute Gasteiger partial charge is 0.339 e. The first-order valence-electron chi connectivity index (χ1n) is 13.7. The van der Waals surface area contributed by atoms with Gasteiger partial charge in [-0.3, -0.25) is 9.69 Å². The van der Waals surface area contributed by atoms with E-state index in [1.807, 2.05) is 12.1 Å². The van der Waals surface area contributed by atoms with Crippen LogP contribution in [-0.2, 0) is 30.2 Å². The largest absolute Gasteiger partial charge is 0.497 e. The van der Waals surface area contributed by atoms with E-state index < -0.39 is 41.2 Å². The van der Waals surface area contributed by atoms with Gasteiger partial charge < -0.3 is 33.9 Å². The van der Waals surface area contributed by atoms with E-state index in [-0.39, 0.29) is 41.4 Å². The molecule has 238 valence electrons. The molecular formula is C32H51NO9. The molecule has 1 unspecified atom stereocenters. The van der Waals surface area contributed by atoms with Crippen molar-refractivity contribution in [2.75, 3.05) is 34.1 Å². The van der Waals surface area contributed by atoms with Crippen molar-refractivity contribution in [1.29, 1.82) is 0 Å². The van der Waals surface area contributed by atoms with Crippen LogP contribution in [0.4, 0.5) is 0 Å². The molecule has 0 radical (unpaired) electrons. The summed E-state index contributed by atoms with van der Waals surface area (Å²) in [7, 11) is 2.76. The zero-order valence-corrected chi connectivity index (χ0v) is 23.2. The molecule has 42 heavy (non-hydrogen) atoms. The highest BCUT2D eigenvalue weighted by Crippen LogP contribution is 2.55. The van der Waals surface area contributed by atoms with Gasteiger partial charge in [0.25, 0.3) is 0 Å². The summed E-state index contributed by atoms with van der Waals surface area (Å²) in [6, 6.07) is 4.00. The molecule has 10 heteroatoms. The number of aliphatic hydroxyl groups is 2. The van der Waals surface area contributed by atoms with Gasteiger partial charge in [0.2, 0.25) is 6.79 Å². The van der Waals surface area contributed by atoms with Crippen LogP contribution in [0.2, 0.25) is 0 Å². The summed E-state index contributed by atoms with van der Waals surface area (Å²) < 4.78 is 28.1. The van der Waals surface area contributed by atoms with E-state index in [0.29, 0.717) is 30.1 Å². The average Bonchev–Trinajstić information content (AvgIpc) is 3.56. The van der Waals surface area contributed by atoms with Crippen molar-refractivity contribution in [2.45, 2.75) is 110 Å². The van der Waals surface area contributed by atoms with E-state index in [1.165, 1.54) is 7.11 Å². The fraction of sp³-hybridized carbons (Fsp3) is 0.688. The Morgan fingerprint density at radius 2 is 1.76 bits per heavy atom. The van der Waals surface area contributed by atoms with Crippen molar-refractivity contribution in [2.24, 2.45) is 0 Å². The van der Waals surface area contributed by atoms with Gasteiger partial charge in [-0.1, -0.05) is 22.3 Å². The number of esters is 2. The van der Waals surface area contributed by atoms with Gasteiger partial charge in [-0.05, 0) is 88.3 Å². The second-order valence-electron chi connectivity index (χ2n) is 11.7. The molecule has 0 bridgehead atoms. The lowest BCUT2D eigenvalue weighted by atomic mass is 9.77. The first kappa shape index (κ1) is 35.4. The molecular weight excluding hydrogens is 542 g/mol.